The van der Waals surface area contributed by atoms with E-state index in [0.29, 0.717) is 6.61 Å². The highest BCUT2D eigenvalue weighted by atomic mass is 32.2. The molecule has 0 radical (unpaired) electrons. The maximum absolute atomic E-state index is 11.3. The van der Waals surface area contributed by atoms with Gasteiger partial charge in [0.05, 0.1) is 19.0 Å². The maximum atomic E-state index is 11.3. The lowest BCUT2D eigenvalue weighted by atomic mass is 10.2. The summed E-state index contributed by atoms with van der Waals surface area (Å²) in [6.07, 6.45) is 3.42. The van der Waals surface area contributed by atoms with Crippen LogP contribution in [-0.4, -0.2) is 35.7 Å². The van der Waals surface area contributed by atoms with Gasteiger partial charge in [0.2, 0.25) is 0 Å². The third-order valence-electron chi connectivity index (χ3n) is 3.63. The van der Waals surface area contributed by atoms with Crippen LogP contribution < -0.4 is 0 Å². The van der Waals surface area contributed by atoms with Gasteiger partial charge in [-0.05, 0) is 24.6 Å². The van der Waals surface area contributed by atoms with Crippen LogP contribution in [0.1, 0.15) is 47.0 Å². The number of hydrogen-bond donors (Lipinski definition) is 0. The monoisotopic (exact) mass is 310 g/mol. The summed E-state index contributed by atoms with van der Waals surface area (Å²) in [6, 6.07) is 0. The third kappa shape index (κ3) is 8.07. The molecule has 0 spiro atoms. The van der Waals surface area contributed by atoms with Crippen molar-refractivity contribution in [1.29, 1.82) is 0 Å². The molecule has 0 heterocycles. The van der Waals surface area contributed by atoms with Crippen molar-refractivity contribution >= 4 is 18.4 Å². The van der Waals surface area contributed by atoms with Gasteiger partial charge in [0.15, 0.2) is 8.32 Å². The fourth-order valence-electron chi connectivity index (χ4n) is 1.36. The molecule has 0 aliphatic heterocycles. The molecular weight excluding hydrogens is 280 g/mol. The van der Waals surface area contributed by atoms with Gasteiger partial charge in [-0.1, -0.05) is 40.5 Å². The molecule has 0 saturated heterocycles. The predicted molar refractivity (Wildman–Crippen MR) is 82.4 cm³/mol. The molecule has 0 aromatic carbocycles. The molecule has 0 aliphatic carbocycles. The maximum Gasteiger partial charge on any atom is 0.264 e. The van der Waals surface area contributed by atoms with E-state index in [1.54, 1.807) is 0 Å². The second kappa shape index (κ2) is 7.20. The Morgan fingerprint density at radius 2 is 1.74 bits per heavy atom. The zero-order valence-corrected chi connectivity index (χ0v) is 15.3. The van der Waals surface area contributed by atoms with Crippen LogP contribution >= 0.6 is 0 Å². The lowest BCUT2D eigenvalue weighted by Crippen LogP contribution is -2.43. The van der Waals surface area contributed by atoms with Gasteiger partial charge in [0.25, 0.3) is 10.1 Å². The standard InChI is InChI=1S/C13H30O4SSi/c1-8-9-10-12(17-18(5,14)15)11-16-19(6,7)13(2,3)4/h12H,8-11H2,1-7H3. The highest BCUT2D eigenvalue weighted by molar-refractivity contribution is 7.86. The predicted octanol–water partition coefficient (Wildman–Crippen LogP) is 3.54. The van der Waals surface area contributed by atoms with E-state index >= 15 is 0 Å². The minimum absolute atomic E-state index is 0.118. The summed E-state index contributed by atoms with van der Waals surface area (Å²) >= 11 is 0. The normalized spacial score (nSPS) is 15.5. The molecule has 19 heavy (non-hydrogen) atoms. The van der Waals surface area contributed by atoms with Crippen LogP contribution in [0.25, 0.3) is 0 Å². The number of hydrogen-bond acceptors (Lipinski definition) is 4. The largest absolute Gasteiger partial charge is 0.414 e. The van der Waals surface area contributed by atoms with Gasteiger partial charge >= 0.3 is 0 Å². The number of unbranched alkanes of at least 4 members (excludes halogenated alkanes) is 1. The minimum atomic E-state index is -3.42. The first-order valence-electron chi connectivity index (χ1n) is 6.91. The molecule has 116 valence electrons. The van der Waals surface area contributed by atoms with E-state index in [2.05, 4.69) is 40.8 Å². The average Bonchev–Trinajstić information content (AvgIpc) is 2.18. The topological polar surface area (TPSA) is 52.6 Å². The van der Waals surface area contributed by atoms with Crippen LogP contribution in [-0.2, 0) is 18.7 Å². The molecule has 0 fully saturated rings. The van der Waals surface area contributed by atoms with E-state index in [4.69, 9.17) is 8.61 Å². The molecule has 0 saturated carbocycles. The number of rotatable bonds is 8. The first kappa shape index (κ1) is 19.1. The van der Waals surface area contributed by atoms with Gasteiger partial charge < -0.3 is 4.43 Å². The summed E-state index contributed by atoms with van der Waals surface area (Å²) in [4.78, 5) is 0. The van der Waals surface area contributed by atoms with E-state index in [1.807, 2.05) is 0 Å². The van der Waals surface area contributed by atoms with Crippen molar-refractivity contribution in [3.63, 3.8) is 0 Å². The Hall–Kier alpha value is 0.0869. The molecular formula is C13H30O4SSi. The molecule has 0 bridgehead atoms. The molecule has 0 rings (SSSR count). The average molecular weight is 311 g/mol. The molecule has 1 unspecified atom stereocenters. The van der Waals surface area contributed by atoms with Crippen LogP contribution in [0.3, 0.4) is 0 Å². The Bertz CT molecular complexity index is 357. The molecule has 0 N–H and O–H groups in total. The van der Waals surface area contributed by atoms with Gasteiger partial charge in [0.1, 0.15) is 0 Å². The van der Waals surface area contributed by atoms with Gasteiger partial charge in [-0.25, -0.2) is 0 Å². The Morgan fingerprint density at radius 3 is 2.11 bits per heavy atom. The van der Waals surface area contributed by atoms with E-state index in [0.717, 1.165) is 25.5 Å². The fourth-order valence-corrected chi connectivity index (χ4v) is 3.04. The smallest absolute Gasteiger partial charge is 0.264 e. The highest BCUT2D eigenvalue weighted by Gasteiger charge is 2.37. The Morgan fingerprint density at radius 1 is 1.21 bits per heavy atom. The second-order valence-electron chi connectivity index (χ2n) is 6.64. The summed E-state index contributed by atoms with van der Waals surface area (Å²) in [7, 11) is -5.28. The molecule has 4 nitrogen and oxygen atoms in total. The van der Waals surface area contributed by atoms with Crippen molar-refractivity contribution in [2.75, 3.05) is 12.9 Å². The van der Waals surface area contributed by atoms with Crippen LogP contribution in [0.2, 0.25) is 18.1 Å². The van der Waals surface area contributed by atoms with Crippen molar-refractivity contribution in [1.82, 2.24) is 0 Å². The SMILES string of the molecule is CCCCC(CO[Si](C)(C)C(C)(C)C)OS(C)(=O)=O. The molecule has 0 aromatic rings. The highest BCUT2D eigenvalue weighted by Crippen LogP contribution is 2.36. The summed E-state index contributed by atoms with van der Waals surface area (Å²) in [5.41, 5.74) is 0. The zero-order valence-electron chi connectivity index (χ0n) is 13.4. The van der Waals surface area contributed by atoms with Crippen LogP contribution in [0, 0.1) is 0 Å². The summed E-state index contributed by atoms with van der Waals surface area (Å²) in [5.74, 6) is 0. The van der Waals surface area contributed by atoms with E-state index < -0.39 is 18.4 Å². The summed E-state index contributed by atoms with van der Waals surface area (Å²) < 4.78 is 33.7. The zero-order chi connectivity index (χ0) is 15.3. The van der Waals surface area contributed by atoms with E-state index in [9.17, 15) is 8.42 Å². The van der Waals surface area contributed by atoms with Crippen LogP contribution in [0.15, 0.2) is 0 Å². The second-order valence-corrected chi connectivity index (χ2v) is 13.0. The third-order valence-corrected chi connectivity index (χ3v) is 8.75. The first-order valence-corrected chi connectivity index (χ1v) is 11.6. The fraction of sp³-hybridized carbons (Fsp3) is 1.00. The van der Waals surface area contributed by atoms with Gasteiger partial charge in [-0.3, -0.25) is 4.18 Å². The lowest BCUT2D eigenvalue weighted by molar-refractivity contribution is 0.117. The Balaban J connectivity index is 4.57. The molecule has 0 amide bonds. The molecule has 1 atom stereocenters. The van der Waals surface area contributed by atoms with Crippen molar-refractivity contribution in [2.45, 2.75) is 71.2 Å². The van der Waals surface area contributed by atoms with Crippen molar-refractivity contribution < 1.29 is 17.0 Å². The molecule has 0 aromatic heterocycles. The van der Waals surface area contributed by atoms with E-state index in [1.165, 1.54) is 0 Å². The first-order chi connectivity index (χ1) is 8.39. The van der Waals surface area contributed by atoms with Crippen molar-refractivity contribution in [3.05, 3.63) is 0 Å². The van der Waals surface area contributed by atoms with Gasteiger partial charge in [-0.2, -0.15) is 8.42 Å². The lowest BCUT2D eigenvalue weighted by Gasteiger charge is -2.37. The van der Waals surface area contributed by atoms with Gasteiger partial charge in [-0.15, -0.1) is 0 Å². The Labute approximate surface area is 120 Å². The minimum Gasteiger partial charge on any atom is -0.414 e. The molecule has 6 heteroatoms. The van der Waals surface area contributed by atoms with Crippen LogP contribution in [0.4, 0.5) is 0 Å². The quantitative estimate of drug-likeness (QED) is 0.508. The van der Waals surface area contributed by atoms with Crippen molar-refractivity contribution in [3.8, 4) is 0 Å². The summed E-state index contributed by atoms with van der Waals surface area (Å²) in [6.45, 7) is 13.2. The van der Waals surface area contributed by atoms with Crippen LogP contribution in [0.5, 0.6) is 0 Å². The van der Waals surface area contributed by atoms with E-state index in [-0.39, 0.29) is 11.1 Å². The Kier molecular flexibility index (Phi) is 7.23. The van der Waals surface area contributed by atoms with Gasteiger partial charge in [0, 0.05) is 0 Å². The van der Waals surface area contributed by atoms with Crippen molar-refractivity contribution in [2.24, 2.45) is 0 Å². The summed E-state index contributed by atoms with van der Waals surface area (Å²) in [5, 5.41) is 0.118. The molecule has 0 aliphatic rings.